The van der Waals surface area contributed by atoms with E-state index in [2.05, 4.69) is 10.3 Å². The molecule has 3 rings (SSSR count). The lowest BCUT2D eigenvalue weighted by Crippen LogP contribution is -2.48. The molecule has 1 aromatic heterocycles. The maximum absolute atomic E-state index is 12.3. The number of ether oxygens (including phenoxy) is 1. The molecule has 0 aliphatic carbocycles. The third-order valence-corrected chi connectivity index (χ3v) is 3.50. The van der Waals surface area contributed by atoms with Gasteiger partial charge < -0.3 is 15.0 Å². The molecule has 6 nitrogen and oxygen atoms in total. The molecular weight excluding hydrogens is 246 g/mol. The summed E-state index contributed by atoms with van der Waals surface area (Å²) in [5.74, 6) is 0.970. The fraction of sp³-hybridized carbons (Fsp3) is 0.385. The predicted octanol–water partition coefficient (Wildman–Crippen LogP) is -0.0822. The zero-order valence-corrected chi connectivity index (χ0v) is 10.6. The van der Waals surface area contributed by atoms with Crippen LogP contribution < -0.4 is 21.3 Å². The van der Waals surface area contributed by atoms with Crippen LogP contribution in [0.1, 0.15) is 0 Å². The largest absolute Gasteiger partial charge is 0.497 e. The van der Waals surface area contributed by atoms with E-state index < -0.39 is 0 Å². The first-order chi connectivity index (χ1) is 9.19. The summed E-state index contributed by atoms with van der Waals surface area (Å²) < 4.78 is 6.36. The summed E-state index contributed by atoms with van der Waals surface area (Å²) in [5, 5.41) is 3.64. The Hall–Kier alpha value is -2.08. The Morgan fingerprint density at radius 1 is 1.37 bits per heavy atom. The molecule has 0 bridgehead atoms. The molecule has 1 aromatic carbocycles. The molecule has 0 atom stereocenters. The second-order valence-electron chi connectivity index (χ2n) is 4.78. The SMILES string of the molecule is COc1ccc2c(=O)n(CC3CNC3)c(=O)[nH]c2c1. The molecule has 2 N–H and O–H groups in total. The van der Waals surface area contributed by atoms with Crippen LogP contribution in [0.25, 0.3) is 10.9 Å². The van der Waals surface area contributed by atoms with Crippen molar-refractivity contribution in [2.45, 2.75) is 6.54 Å². The van der Waals surface area contributed by atoms with Gasteiger partial charge in [0.25, 0.3) is 5.56 Å². The minimum absolute atomic E-state index is 0.242. The first-order valence-corrected chi connectivity index (χ1v) is 6.20. The van der Waals surface area contributed by atoms with Crippen LogP contribution in [0.2, 0.25) is 0 Å². The molecule has 6 heteroatoms. The van der Waals surface area contributed by atoms with Crippen LogP contribution in [-0.2, 0) is 6.54 Å². The predicted molar refractivity (Wildman–Crippen MR) is 71.7 cm³/mol. The number of nitrogens with one attached hydrogen (secondary N) is 2. The Morgan fingerprint density at radius 2 is 2.16 bits per heavy atom. The van der Waals surface area contributed by atoms with Gasteiger partial charge in [-0.25, -0.2) is 4.79 Å². The van der Waals surface area contributed by atoms with Gasteiger partial charge in [-0.2, -0.15) is 0 Å². The highest BCUT2D eigenvalue weighted by molar-refractivity contribution is 5.78. The van der Waals surface area contributed by atoms with Crippen LogP contribution in [0.3, 0.4) is 0 Å². The summed E-state index contributed by atoms with van der Waals surface area (Å²) in [6.45, 7) is 2.17. The molecule has 1 saturated heterocycles. The van der Waals surface area contributed by atoms with Crippen LogP contribution >= 0.6 is 0 Å². The van der Waals surface area contributed by atoms with Crippen molar-refractivity contribution < 1.29 is 4.74 Å². The maximum atomic E-state index is 12.3. The molecular formula is C13H15N3O3. The Kier molecular flexibility index (Phi) is 2.87. The third-order valence-electron chi connectivity index (χ3n) is 3.50. The molecule has 0 saturated carbocycles. The number of aromatic nitrogens is 2. The van der Waals surface area contributed by atoms with Gasteiger partial charge in [0, 0.05) is 31.6 Å². The number of hydrogen-bond acceptors (Lipinski definition) is 4. The van der Waals surface area contributed by atoms with Crippen molar-refractivity contribution in [3.8, 4) is 5.75 Å². The Morgan fingerprint density at radius 3 is 2.79 bits per heavy atom. The summed E-state index contributed by atoms with van der Waals surface area (Å²) >= 11 is 0. The van der Waals surface area contributed by atoms with Crippen molar-refractivity contribution in [1.82, 2.24) is 14.9 Å². The van der Waals surface area contributed by atoms with Gasteiger partial charge in [-0.15, -0.1) is 0 Å². The van der Waals surface area contributed by atoms with Gasteiger partial charge in [-0.05, 0) is 12.1 Å². The van der Waals surface area contributed by atoms with Gasteiger partial charge in [0.15, 0.2) is 0 Å². The molecule has 0 radical (unpaired) electrons. The Labute approximate surface area is 109 Å². The average molecular weight is 261 g/mol. The number of nitrogens with zero attached hydrogens (tertiary/aromatic N) is 1. The van der Waals surface area contributed by atoms with Crippen molar-refractivity contribution in [2.75, 3.05) is 20.2 Å². The number of hydrogen-bond donors (Lipinski definition) is 2. The summed E-state index contributed by atoms with van der Waals surface area (Å²) in [5.41, 5.74) is -0.0942. The molecule has 0 unspecified atom stereocenters. The molecule has 1 aliphatic heterocycles. The minimum Gasteiger partial charge on any atom is -0.497 e. The highest BCUT2D eigenvalue weighted by Gasteiger charge is 2.19. The van der Waals surface area contributed by atoms with E-state index in [1.807, 2.05) is 0 Å². The lowest BCUT2D eigenvalue weighted by molar-refractivity contribution is 0.299. The van der Waals surface area contributed by atoms with Gasteiger partial charge in [-0.3, -0.25) is 9.36 Å². The second kappa shape index (κ2) is 4.55. The van der Waals surface area contributed by atoms with Crippen molar-refractivity contribution in [2.24, 2.45) is 5.92 Å². The smallest absolute Gasteiger partial charge is 0.328 e. The van der Waals surface area contributed by atoms with E-state index in [-0.39, 0.29) is 11.2 Å². The molecule has 100 valence electrons. The van der Waals surface area contributed by atoms with Gasteiger partial charge in [0.05, 0.1) is 18.0 Å². The fourth-order valence-electron chi connectivity index (χ4n) is 2.26. The first kappa shape index (κ1) is 12.0. The molecule has 0 amide bonds. The van der Waals surface area contributed by atoms with Crippen LogP contribution in [0.15, 0.2) is 27.8 Å². The van der Waals surface area contributed by atoms with Gasteiger partial charge in [0.1, 0.15) is 5.75 Å². The number of fused-ring (bicyclic) bond motifs is 1. The minimum atomic E-state index is -0.363. The van der Waals surface area contributed by atoms with E-state index in [4.69, 9.17) is 4.74 Å². The van der Waals surface area contributed by atoms with Gasteiger partial charge >= 0.3 is 5.69 Å². The second-order valence-corrected chi connectivity index (χ2v) is 4.78. The summed E-state index contributed by atoms with van der Waals surface area (Å²) in [6, 6.07) is 5.06. The fourth-order valence-corrected chi connectivity index (χ4v) is 2.26. The number of H-pyrrole nitrogens is 1. The molecule has 19 heavy (non-hydrogen) atoms. The molecule has 1 aliphatic rings. The van der Waals surface area contributed by atoms with E-state index in [9.17, 15) is 9.59 Å². The van der Waals surface area contributed by atoms with Crippen LogP contribution in [-0.4, -0.2) is 29.8 Å². The van der Waals surface area contributed by atoms with E-state index in [0.717, 1.165) is 13.1 Å². The quantitative estimate of drug-likeness (QED) is 0.810. The zero-order valence-electron chi connectivity index (χ0n) is 10.6. The monoisotopic (exact) mass is 261 g/mol. The van der Waals surface area contributed by atoms with Gasteiger partial charge in [-0.1, -0.05) is 0 Å². The van der Waals surface area contributed by atoms with Crippen molar-refractivity contribution in [1.29, 1.82) is 0 Å². The Balaban J connectivity index is 2.13. The summed E-state index contributed by atoms with van der Waals surface area (Å²) in [7, 11) is 1.55. The standard InChI is InChI=1S/C13H15N3O3/c1-19-9-2-3-10-11(4-9)15-13(18)16(12(10)17)7-8-5-14-6-8/h2-4,8,14H,5-7H2,1H3,(H,15,18). The number of rotatable bonds is 3. The summed E-state index contributed by atoms with van der Waals surface area (Å²) in [4.78, 5) is 27.0. The van der Waals surface area contributed by atoms with E-state index in [1.54, 1.807) is 25.3 Å². The highest BCUT2D eigenvalue weighted by atomic mass is 16.5. The zero-order chi connectivity index (χ0) is 13.4. The van der Waals surface area contributed by atoms with E-state index in [0.29, 0.717) is 29.1 Å². The normalized spacial score (nSPS) is 15.4. The molecule has 1 fully saturated rings. The highest BCUT2D eigenvalue weighted by Crippen LogP contribution is 2.15. The molecule has 2 aromatic rings. The van der Waals surface area contributed by atoms with Crippen LogP contribution in [0.5, 0.6) is 5.75 Å². The Bertz CT molecular complexity index is 728. The van der Waals surface area contributed by atoms with Crippen LogP contribution in [0, 0.1) is 5.92 Å². The topological polar surface area (TPSA) is 76.1 Å². The molecule has 2 heterocycles. The first-order valence-electron chi connectivity index (χ1n) is 6.20. The third kappa shape index (κ3) is 2.04. The van der Waals surface area contributed by atoms with Crippen molar-refractivity contribution >= 4 is 10.9 Å². The van der Waals surface area contributed by atoms with Crippen molar-refractivity contribution in [3.05, 3.63) is 39.0 Å². The average Bonchev–Trinajstić information content (AvgIpc) is 2.35. The summed E-state index contributed by atoms with van der Waals surface area (Å²) in [6.07, 6.45) is 0. The number of benzene rings is 1. The molecule has 0 spiro atoms. The lowest BCUT2D eigenvalue weighted by atomic mass is 10.0. The van der Waals surface area contributed by atoms with Gasteiger partial charge in [0.2, 0.25) is 0 Å². The van der Waals surface area contributed by atoms with Crippen molar-refractivity contribution in [3.63, 3.8) is 0 Å². The maximum Gasteiger partial charge on any atom is 0.328 e. The van der Waals surface area contributed by atoms with E-state index >= 15 is 0 Å². The lowest BCUT2D eigenvalue weighted by Gasteiger charge is -2.27. The van der Waals surface area contributed by atoms with E-state index in [1.165, 1.54) is 4.57 Å². The van der Waals surface area contributed by atoms with Crippen LogP contribution in [0.4, 0.5) is 0 Å². The number of methoxy groups -OCH3 is 1. The number of aromatic amines is 1.